The molecule has 0 saturated carbocycles. The fourth-order valence-electron chi connectivity index (χ4n) is 3.00. The van der Waals surface area contributed by atoms with E-state index in [4.69, 9.17) is 16.3 Å². The number of aromatic nitrogens is 1. The molecular weight excluding hydrogens is 375 g/mol. The Bertz CT molecular complexity index is 1150. The highest BCUT2D eigenvalue weighted by atomic mass is 35.5. The van der Waals surface area contributed by atoms with Crippen molar-refractivity contribution in [1.29, 1.82) is 0 Å². The Balaban J connectivity index is 1.53. The number of hydrogen-bond acceptors (Lipinski definition) is 3. The van der Waals surface area contributed by atoms with Crippen LogP contribution < -0.4 is 10.1 Å². The van der Waals surface area contributed by atoms with Crippen LogP contribution in [0.25, 0.3) is 10.8 Å². The number of fused-ring (bicyclic) bond motifs is 1. The molecule has 0 unspecified atom stereocenters. The van der Waals surface area contributed by atoms with Crippen molar-refractivity contribution in [2.24, 2.45) is 0 Å². The number of pyridine rings is 1. The fourth-order valence-corrected chi connectivity index (χ4v) is 3.24. The standard InChI is InChI=1S/C23H18ClFN2O/c1-15-5-6-17-9-10-26-23(20(17)11-15)27-19-7-8-22(21(24)13-19)28-14-16-3-2-4-18(25)12-16/h2-13H,14H2,1H3,(H,26,27). The molecule has 3 aromatic carbocycles. The first kappa shape index (κ1) is 18.3. The van der Waals surface area contributed by atoms with Crippen LogP contribution in [0.3, 0.4) is 0 Å². The number of rotatable bonds is 5. The molecule has 0 aliphatic rings. The van der Waals surface area contributed by atoms with E-state index < -0.39 is 0 Å². The zero-order chi connectivity index (χ0) is 19.5. The van der Waals surface area contributed by atoms with E-state index in [2.05, 4.69) is 35.4 Å². The second kappa shape index (κ2) is 7.87. The summed E-state index contributed by atoms with van der Waals surface area (Å²) in [5, 5.41) is 5.95. The van der Waals surface area contributed by atoms with Crippen molar-refractivity contribution in [2.75, 3.05) is 5.32 Å². The predicted octanol–water partition coefficient (Wildman–Crippen LogP) is 6.66. The van der Waals surface area contributed by atoms with Crippen LogP contribution in [0.4, 0.5) is 15.9 Å². The maximum atomic E-state index is 13.3. The molecule has 0 radical (unpaired) electrons. The first-order valence-electron chi connectivity index (χ1n) is 8.88. The average Bonchev–Trinajstić information content (AvgIpc) is 2.68. The molecule has 28 heavy (non-hydrogen) atoms. The molecule has 0 amide bonds. The van der Waals surface area contributed by atoms with Crippen molar-refractivity contribution in [3.05, 3.63) is 94.9 Å². The molecule has 1 aromatic heterocycles. The van der Waals surface area contributed by atoms with Crippen molar-refractivity contribution in [3.8, 4) is 5.75 Å². The number of benzene rings is 3. The zero-order valence-electron chi connectivity index (χ0n) is 15.2. The molecule has 1 heterocycles. The summed E-state index contributed by atoms with van der Waals surface area (Å²) in [6.07, 6.45) is 1.78. The van der Waals surface area contributed by atoms with E-state index in [1.807, 2.05) is 12.1 Å². The minimum Gasteiger partial charge on any atom is -0.487 e. The van der Waals surface area contributed by atoms with Gasteiger partial charge in [0, 0.05) is 17.3 Å². The summed E-state index contributed by atoms with van der Waals surface area (Å²) < 4.78 is 19.0. The SMILES string of the molecule is Cc1ccc2ccnc(Nc3ccc(OCc4cccc(F)c4)c(Cl)c3)c2c1. The molecule has 5 heteroatoms. The number of nitrogens with one attached hydrogen (secondary N) is 1. The topological polar surface area (TPSA) is 34.2 Å². The second-order valence-corrected chi connectivity index (χ2v) is 6.98. The van der Waals surface area contributed by atoms with Crippen LogP contribution in [0.1, 0.15) is 11.1 Å². The van der Waals surface area contributed by atoms with Crippen molar-refractivity contribution in [3.63, 3.8) is 0 Å². The summed E-state index contributed by atoms with van der Waals surface area (Å²) in [7, 11) is 0. The molecule has 0 saturated heterocycles. The highest BCUT2D eigenvalue weighted by molar-refractivity contribution is 6.32. The van der Waals surface area contributed by atoms with Gasteiger partial charge in [0.15, 0.2) is 0 Å². The van der Waals surface area contributed by atoms with Crippen molar-refractivity contribution in [1.82, 2.24) is 4.98 Å². The van der Waals surface area contributed by atoms with Gasteiger partial charge >= 0.3 is 0 Å². The first-order chi connectivity index (χ1) is 13.6. The molecule has 0 aliphatic carbocycles. The van der Waals surface area contributed by atoms with Gasteiger partial charge in [0.05, 0.1) is 5.02 Å². The Morgan fingerprint density at radius 3 is 2.75 bits per heavy atom. The Hall–Kier alpha value is -3.11. The van der Waals surface area contributed by atoms with Crippen molar-refractivity contribution >= 4 is 33.9 Å². The lowest BCUT2D eigenvalue weighted by molar-refractivity contribution is 0.306. The number of ether oxygens (including phenoxy) is 1. The van der Waals surface area contributed by atoms with Gasteiger partial charge in [-0.2, -0.15) is 0 Å². The van der Waals surface area contributed by atoms with E-state index >= 15 is 0 Å². The minimum atomic E-state index is -0.287. The number of hydrogen-bond donors (Lipinski definition) is 1. The highest BCUT2D eigenvalue weighted by Crippen LogP contribution is 2.31. The third-order valence-electron chi connectivity index (χ3n) is 4.40. The third kappa shape index (κ3) is 4.07. The Morgan fingerprint density at radius 2 is 1.93 bits per heavy atom. The number of halogens is 2. The summed E-state index contributed by atoms with van der Waals surface area (Å²) in [5.74, 6) is 1.02. The first-order valence-corrected chi connectivity index (χ1v) is 9.25. The fraction of sp³-hybridized carbons (Fsp3) is 0.0870. The van der Waals surface area contributed by atoms with E-state index in [9.17, 15) is 4.39 Å². The van der Waals surface area contributed by atoms with Crippen molar-refractivity contribution in [2.45, 2.75) is 13.5 Å². The monoisotopic (exact) mass is 392 g/mol. The molecule has 4 rings (SSSR count). The van der Waals surface area contributed by atoms with Gasteiger partial charge in [-0.1, -0.05) is 41.4 Å². The summed E-state index contributed by atoms with van der Waals surface area (Å²) in [4.78, 5) is 4.46. The summed E-state index contributed by atoms with van der Waals surface area (Å²) in [5.41, 5.74) is 2.72. The molecule has 0 aliphatic heterocycles. The number of aryl methyl sites for hydroxylation is 1. The molecule has 0 fully saturated rings. The molecular formula is C23H18ClFN2O. The van der Waals surface area contributed by atoms with Crippen LogP contribution in [0.5, 0.6) is 5.75 Å². The van der Waals surface area contributed by atoms with Gasteiger partial charge in [-0.15, -0.1) is 0 Å². The summed E-state index contributed by atoms with van der Waals surface area (Å²) in [6.45, 7) is 2.30. The molecule has 140 valence electrons. The smallest absolute Gasteiger partial charge is 0.138 e. The number of nitrogens with zero attached hydrogens (tertiary/aromatic N) is 1. The van der Waals surface area contributed by atoms with Crippen LogP contribution in [-0.4, -0.2) is 4.98 Å². The van der Waals surface area contributed by atoms with Crippen LogP contribution in [0.2, 0.25) is 5.02 Å². The third-order valence-corrected chi connectivity index (χ3v) is 4.70. The Morgan fingerprint density at radius 1 is 1.04 bits per heavy atom. The Labute approximate surface area is 167 Å². The lowest BCUT2D eigenvalue weighted by atomic mass is 10.1. The quantitative estimate of drug-likeness (QED) is 0.412. The normalized spacial score (nSPS) is 10.8. The van der Waals surface area contributed by atoms with Gasteiger partial charge in [0.2, 0.25) is 0 Å². The van der Waals surface area contributed by atoms with Gasteiger partial charge in [-0.3, -0.25) is 0 Å². The van der Waals surface area contributed by atoms with E-state index in [-0.39, 0.29) is 12.4 Å². The molecule has 0 bridgehead atoms. The van der Waals surface area contributed by atoms with E-state index in [1.54, 1.807) is 30.5 Å². The van der Waals surface area contributed by atoms with Crippen LogP contribution >= 0.6 is 11.6 Å². The van der Waals surface area contributed by atoms with Crippen molar-refractivity contribution < 1.29 is 9.13 Å². The van der Waals surface area contributed by atoms with Crippen LogP contribution in [0.15, 0.2) is 72.9 Å². The number of anilines is 2. The highest BCUT2D eigenvalue weighted by Gasteiger charge is 2.07. The van der Waals surface area contributed by atoms with Gasteiger partial charge in [0.1, 0.15) is 24.0 Å². The average molecular weight is 393 g/mol. The largest absolute Gasteiger partial charge is 0.487 e. The van der Waals surface area contributed by atoms with Gasteiger partial charge in [-0.25, -0.2) is 9.37 Å². The van der Waals surface area contributed by atoms with E-state index in [1.165, 1.54) is 17.7 Å². The molecule has 3 nitrogen and oxygen atoms in total. The molecule has 0 spiro atoms. The van der Waals surface area contributed by atoms with Gasteiger partial charge < -0.3 is 10.1 Å². The minimum absolute atomic E-state index is 0.244. The summed E-state index contributed by atoms with van der Waals surface area (Å²) in [6, 6.07) is 20.0. The zero-order valence-corrected chi connectivity index (χ0v) is 16.0. The van der Waals surface area contributed by atoms with Gasteiger partial charge in [-0.05, 0) is 60.3 Å². The summed E-state index contributed by atoms with van der Waals surface area (Å²) >= 11 is 6.38. The van der Waals surface area contributed by atoms with Crippen LogP contribution in [0, 0.1) is 12.7 Å². The van der Waals surface area contributed by atoms with Gasteiger partial charge in [0.25, 0.3) is 0 Å². The lowest BCUT2D eigenvalue weighted by Gasteiger charge is -2.12. The Kier molecular flexibility index (Phi) is 5.13. The maximum Gasteiger partial charge on any atom is 0.138 e. The van der Waals surface area contributed by atoms with E-state index in [0.717, 1.165) is 27.8 Å². The van der Waals surface area contributed by atoms with E-state index in [0.29, 0.717) is 10.8 Å². The predicted molar refractivity (Wildman–Crippen MR) is 112 cm³/mol. The molecule has 1 N–H and O–H groups in total. The lowest BCUT2D eigenvalue weighted by Crippen LogP contribution is -1.98. The molecule has 4 aromatic rings. The second-order valence-electron chi connectivity index (χ2n) is 6.57. The van der Waals surface area contributed by atoms with Crippen LogP contribution in [-0.2, 0) is 6.61 Å². The maximum absolute atomic E-state index is 13.3. The molecule has 0 atom stereocenters.